The highest BCUT2D eigenvalue weighted by atomic mass is 32.1. The Balaban J connectivity index is 1.40. The third kappa shape index (κ3) is 5.07. The molecule has 1 saturated heterocycles. The molecule has 1 aliphatic rings. The zero-order valence-electron chi connectivity index (χ0n) is 21.8. The Labute approximate surface area is 230 Å². The van der Waals surface area contributed by atoms with Gasteiger partial charge in [-0.25, -0.2) is 9.97 Å². The number of methoxy groups -OCH3 is 1. The lowest BCUT2D eigenvalue weighted by Gasteiger charge is -2.36. The van der Waals surface area contributed by atoms with Crippen LogP contribution in [-0.4, -0.2) is 50.9 Å². The molecule has 6 rings (SSSR count). The SMILES string of the molecule is COc1ccc(C(Nc2cc(-c3ccc4sc(N)nc4c3)c3nccnc3c2)C2CCN(C(C)=O)CC2)cn1. The lowest BCUT2D eigenvalue weighted by Crippen LogP contribution is -2.39. The average Bonchev–Trinajstić information content (AvgIpc) is 3.35. The van der Waals surface area contributed by atoms with Gasteiger partial charge in [0.15, 0.2) is 5.13 Å². The number of benzene rings is 2. The summed E-state index contributed by atoms with van der Waals surface area (Å²) in [5.41, 5.74) is 12.4. The summed E-state index contributed by atoms with van der Waals surface area (Å²) in [5.74, 6) is 1.01. The standard InChI is InChI=1S/C29H29N7O2S/c1-17(37)36-11-7-18(8-12-36)27(20-4-6-26(38-2)33-16-20)34-21-14-22(28-24(15-21)31-9-10-32-28)19-3-5-25-23(13-19)35-29(30)39-25/h3-6,9-10,13-16,18,27,34H,7-8,11-12H2,1-2H3,(H2,30,35). The smallest absolute Gasteiger partial charge is 0.219 e. The number of likely N-dealkylation sites (tertiary alicyclic amines) is 1. The second-order valence-corrected chi connectivity index (χ2v) is 10.8. The molecule has 1 fully saturated rings. The Morgan fingerprint density at radius 2 is 1.90 bits per heavy atom. The second kappa shape index (κ2) is 10.5. The predicted molar refractivity (Wildman–Crippen MR) is 155 cm³/mol. The van der Waals surface area contributed by atoms with Crippen LogP contribution in [0.25, 0.3) is 32.4 Å². The zero-order chi connectivity index (χ0) is 26.9. The van der Waals surface area contributed by atoms with Crippen molar-refractivity contribution in [3.05, 3.63) is 66.6 Å². The number of thiazole rings is 1. The monoisotopic (exact) mass is 539 g/mol. The van der Waals surface area contributed by atoms with Crippen LogP contribution in [-0.2, 0) is 4.79 Å². The number of amides is 1. The lowest BCUT2D eigenvalue weighted by molar-refractivity contribution is -0.130. The number of aromatic nitrogens is 4. The van der Waals surface area contributed by atoms with Crippen molar-refractivity contribution < 1.29 is 9.53 Å². The van der Waals surface area contributed by atoms with Crippen molar-refractivity contribution >= 4 is 49.3 Å². The molecular formula is C29H29N7O2S. The molecule has 4 heterocycles. The number of nitrogens with one attached hydrogen (secondary N) is 1. The van der Waals surface area contributed by atoms with E-state index >= 15 is 0 Å². The van der Waals surface area contributed by atoms with Crippen LogP contribution in [0, 0.1) is 5.92 Å². The fourth-order valence-corrected chi connectivity index (χ4v) is 6.10. The van der Waals surface area contributed by atoms with E-state index in [1.807, 2.05) is 23.2 Å². The predicted octanol–water partition coefficient (Wildman–Crippen LogP) is 5.30. The van der Waals surface area contributed by atoms with Gasteiger partial charge >= 0.3 is 0 Å². The number of pyridine rings is 1. The largest absolute Gasteiger partial charge is 0.481 e. The normalized spacial score (nSPS) is 15.0. The van der Waals surface area contributed by atoms with Gasteiger partial charge in [0, 0.05) is 55.9 Å². The maximum atomic E-state index is 11.9. The van der Waals surface area contributed by atoms with Gasteiger partial charge in [0.1, 0.15) is 0 Å². The molecule has 0 spiro atoms. The highest BCUT2D eigenvalue weighted by molar-refractivity contribution is 7.22. The molecule has 1 unspecified atom stereocenters. The van der Waals surface area contributed by atoms with E-state index in [2.05, 4.69) is 55.6 Å². The van der Waals surface area contributed by atoms with Gasteiger partial charge in [-0.05, 0) is 54.2 Å². The fourth-order valence-electron chi connectivity index (χ4n) is 5.39. The molecule has 1 amide bonds. The van der Waals surface area contributed by atoms with Crippen LogP contribution < -0.4 is 15.8 Å². The van der Waals surface area contributed by atoms with E-state index in [0.717, 1.165) is 69.6 Å². The minimum Gasteiger partial charge on any atom is -0.481 e. The number of nitrogens with two attached hydrogens (primary N) is 1. The number of carbonyl (C=O) groups excluding carboxylic acids is 1. The van der Waals surface area contributed by atoms with Gasteiger partial charge in [-0.3, -0.25) is 14.8 Å². The Hall–Kier alpha value is -4.31. The van der Waals surface area contributed by atoms with Crippen LogP contribution in [0.2, 0.25) is 0 Å². The molecule has 198 valence electrons. The number of hydrogen-bond donors (Lipinski definition) is 2. The highest BCUT2D eigenvalue weighted by Gasteiger charge is 2.29. The minimum atomic E-state index is -0.0136. The summed E-state index contributed by atoms with van der Waals surface area (Å²) in [6.07, 6.45) is 7.09. The Morgan fingerprint density at radius 3 is 2.64 bits per heavy atom. The summed E-state index contributed by atoms with van der Waals surface area (Å²) < 4.78 is 6.34. The van der Waals surface area contributed by atoms with Gasteiger partial charge in [-0.15, -0.1) is 0 Å². The van der Waals surface area contributed by atoms with Crippen molar-refractivity contribution in [2.24, 2.45) is 5.92 Å². The van der Waals surface area contributed by atoms with E-state index in [4.69, 9.17) is 10.5 Å². The molecule has 0 aliphatic carbocycles. The number of nitrogen functional groups attached to an aromatic ring is 1. The number of nitrogens with zero attached hydrogens (tertiary/aromatic N) is 5. The highest BCUT2D eigenvalue weighted by Crippen LogP contribution is 2.38. The summed E-state index contributed by atoms with van der Waals surface area (Å²) in [7, 11) is 1.62. The van der Waals surface area contributed by atoms with Crippen molar-refractivity contribution in [2.45, 2.75) is 25.8 Å². The molecule has 39 heavy (non-hydrogen) atoms. The summed E-state index contributed by atoms with van der Waals surface area (Å²) in [4.78, 5) is 32.1. The van der Waals surface area contributed by atoms with E-state index in [-0.39, 0.29) is 11.9 Å². The molecule has 3 aromatic heterocycles. The third-order valence-electron chi connectivity index (χ3n) is 7.39. The molecule has 5 aromatic rings. The molecule has 1 atom stereocenters. The van der Waals surface area contributed by atoms with E-state index in [1.54, 1.807) is 26.4 Å². The van der Waals surface area contributed by atoms with Gasteiger partial charge < -0.3 is 20.7 Å². The van der Waals surface area contributed by atoms with Crippen LogP contribution >= 0.6 is 11.3 Å². The Morgan fingerprint density at radius 1 is 1.08 bits per heavy atom. The number of rotatable bonds is 6. The van der Waals surface area contributed by atoms with Crippen LogP contribution in [0.5, 0.6) is 5.88 Å². The lowest BCUT2D eigenvalue weighted by atomic mass is 9.85. The first-order valence-corrected chi connectivity index (χ1v) is 13.7. The molecule has 2 aromatic carbocycles. The van der Waals surface area contributed by atoms with Crippen molar-refractivity contribution in [3.8, 4) is 17.0 Å². The summed E-state index contributed by atoms with van der Waals surface area (Å²) in [6.45, 7) is 3.12. The van der Waals surface area contributed by atoms with E-state index in [9.17, 15) is 4.79 Å². The van der Waals surface area contributed by atoms with Gasteiger partial charge in [-0.1, -0.05) is 23.5 Å². The first-order chi connectivity index (χ1) is 19.0. The van der Waals surface area contributed by atoms with Gasteiger partial charge in [0.2, 0.25) is 11.8 Å². The van der Waals surface area contributed by atoms with Gasteiger partial charge in [-0.2, -0.15) is 0 Å². The van der Waals surface area contributed by atoms with Gasteiger partial charge in [0.05, 0.1) is 34.4 Å². The molecule has 10 heteroatoms. The van der Waals surface area contributed by atoms with Crippen molar-refractivity contribution in [2.75, 3.05) is 31.2 Å². The van der Waals surface area contributed by atoms with Crippen molar-refractivity contribution in [1.82, 2.24) is 24.8 Å². The first-order valence-electron chi connectivity index (χ1n) is 12.9. The topological polar surface area (TPSA) is 119 Å². The Bertz CT molecular complexity index is 1650. The number of ether oxygens (including phenoxy) is 1. The average molecular weight is 540 g/mol. The summed E-state index contributed by atoms with van der Waals surface area (Å²) >= 11 is 1.48. The molecule has 0 saturated carbocycles. The van der Waals surface area contributed by atoms with Crippen molar-refractivity contribution in [3.63, 3.8) is 0 Å². The van der Waals surface area contributed by atoms with E-state index < -0.39 is 0 Å². The summed E-state index contributed by atoms with van der Waals surface area (Å²) in [5, 5.41) is 4.35. The number of fused-ring (bicyclic) bond motifs is 2. The summed E-state index contributed by atoms with van der Waals surface area (Å²) in [6, 6.07) is 14.3. The number of hydrogen-bond acceptors (Lipinski definition) is 9. The quantitative estimate of drug-likeness (QED) is 0.298. The molecule has 9 nitrogen and oxygen atoms in total. The molecule has 0 radical (unpaired) electrons. The number of piperidine rings is 1. The number of anilines is 2. The van der Waals surface area contributed by atoms with E-state index in [1.165, 1.54) is 11.3 Å². The van der Waals surface area contributed by atoms with Crippen LogP contribution in [0.1, 0.15) is 31.4 Å². The van der Waals surface area contributed by atoms with Crippen LogP contribution in [0.4, 0.5) is 10.8 Å². The van der Waals surface area contributed by atoms with Crippen molar-refractivity contribution in [1.29, 1.82) is 0 Å². The molecule has 0 bridgehead atoms. The molecule has 1 aliphatic heterocycles. The molecule has 3 N–H and O–H groups in total. The maximum absolute atomic E-state index is 11.9. The van der Waals surface area contributed by atoms with Crippen LogP contribution in [0.15, 0.2) is 61.1 Å². The first kappa shape index (κ1) is 25.0. The minimum absolute atomic E-state index is 0.0136. The Kier molecular flexibility index (Phi) is 6.70. The fraction of sp³-hybridized carbons (Fsp3) is 0.276. The van der Waals surface area contributed by atoms with Crippen LogP contribution in [0.3, 0.4) is 0 Å². The molecular weight excluding hydrogens is 510 g/mol. The second-order valence-electron chi connectivity index (χ2n) is 9.78. The van der Waals surface area contributed by atoms with Gasteiger partial charge in [0.25, 0.3) is 0 Å². The third-order valence-corrected chi connectivity index (χ3v) is 8.26. The van der Waals surface area contributed by atoms with E-state index in [0.29, 0.717) is 16.9 Å². The zero-order valence-corrected chi connectivity index (χ0v) is 22.6. The number of carbonyl (C=O) groups is 1. The maximum Gasteiger partial charge on any atom is 0.219 e.